The number of hydrogen-bond donors (Lipinski definition) is 1. The predicted octanol–water partition coefficient (Wildman–Crippen LogP) is 1.47. The fourth-order valence-electron chi connectivity index (χ4n) is 1.83. The normalized spacial score (nSPS) is 18.6. The molecule has 98 valence electrons. The molecule has 1 aliphatic rings. The Morgan fingerprint density at radius 3 is 3.06 bits per heavy atom. The van der Waals surface area contributed by atoms with Crippen LogP contribution in [0.3, 0.4) is 0 Å². The van der Waals surface area contributed by atoms with Crippen molar-refractivity contribution < 1.29 is 19.0 Å². The molecule has 1 aromatic carbocycles. The number of nitrogen functional groups attached to an aromatic ring is 1. The van der Waals surface area contributed by atoms with Crippen LogP contribution < -0.4 is 10.5 Å². The summed E-state index contributed by atoms with van der Waals surface area (Å²) in [5, 5.41) is 0. The minimum absolute atomic E-state index is 0.310. The first-order chi connectivity index (χ1) is 8.70. The highest BCUT2D eigenvalue weighted by Gasteiger charge is 2.18. The Labute approximate surface area is 106 Å². The molecule has 5 nitrogen and oxygen atoms in total. The zero-order valence-electron chi connectivity index (χ0n) is 10.3. The predicted molar refractivity (Wildman–Crippen MR) is 66.6 cm³/mol. The summed E-state index contributed by atoms with van der Waals surface area (Å²) in [6, 6.07) is 4.85. The van der Waals surface area contributed by atoms with Gasteiger partial charge in [-0.05, 0) is 24.6 Å². The molecule has 18 heavy (non-hydrogen) atoms. The van der Waals surface area contributed by atoms with Gasteiger partial charge in [0.25, 0.3) is 0 Å². The van der Waals surface area contributed by atoms with Crippen LogP contribution in [-0.2, 0) is 9.47 Å². The first-order valence-corrected chi connectivity index (χ1v) is 5.89. The average Bonchev–Trinajstić information content (AvgIpc) is 2.89. The number of rotatable bonds is 4. The second-order valence-corrected chi connectivity index (χ2v) is 4.28. The van der Waals surface area contributed by atoms with Gasteiger partial charge in [0.15, 0.2) is 0 Å². The molecule has 1 saturated heterocycles. The van der Waals surface area contributed by atoms with Gasteiger partial charge in [-0.25, -0.2) is 4.79 Å². The second kappa shape index (κ2) is 5.73. The molecule has 2 N–H and O–H groups in total. The van der Waals surface area contributed by atoms with E-state index >= 15 is 0 Å². The quantitative estimate of drug-likeness (QED) is 0.648. The number of benzene rings is 1. The lowest BCUT2D eigenvalue weighted by Crippen LogP contribution is -2.14. The van der Waals surface area contributed by atoms with Crippen molar-refractivity contribution in [3.05, 3.63) is 23.8 Å². The highest BCUT2D eigenvalue weighted by Crippen LogP contribution is 2.23. The molecule has 1 fully saturated rings. The van der Waals surface area contributed by atoms with Crippen LogP contribution in [0.2, 0.25) is 0 Å². The van der Waals surface area contributed by atoms with Crippen molar-refractivity contribution in [2.45, 2.75) is 6.42 Å². The molecule has 0 aromatic heterocycles. The molecule has 0 radical (unpaired) electrons. The molecule has 1 aromatic rings. The Morgan fingerprint density at radius 1 is 1.56 bits per heavy atom. The van der Waals surface area contributed by atoms with Crippen LogP contribution >= 0.6 is 0 Å². The Hall–Kier alpha value is -1.75. The molecule has 1 atom stereocenters. The Kier molecular flexibility index (Phi) is 4.04. The van der Waals surface area contributed by atoms with E-state index in [0.29, 0.717) is 36.1 Å². The molecule has 0 spiro atoms. The van der Waals surface area contributed by atoms with Crippen molar-refractivity contribution >= 4 is 11.7 Å². The van der Waals surface area contributed by atoms with Crippen molar-refractivity contribution in [1.29, 1.82) is 0 Å². The zero-order chi connectivity index (χ0) is 13.0. The highest BCUT2D eigenvalue weighted by atomic mass is 16.5. The number of hydrogen-bond acceptors (Lipinski definition) is 5. The van der Waals surface area contributed by atoms with Gasteiger partial charge in [-0.3, -0.25) is 0 Å². The molecule has 0 bridgehead atoms. The van der Waals surface area contributed by atoms with Gasteiger partial charge < -0.3 is 19.9 Å². The van der Waals surface area contributed by atoms with E-state index in [-0.39, 0.29) is 5.97 Å². The number of methoxy groups -OCH3 is 1. The summed E-state index contributed by atoms with van der Waals surface area (Å²) in [7, 11) is 1.51. The third kappa shape index (κ3) is 2.92. The maximum Gasteiger partial charge on any atom is 0.338 e. The van der Waals surface area contributed by atoms with E-state index in [1.165, 1.54) is 7.11 Å². The van der Waals surface area contributed by atoms with Gasteiger partial charge >= 0.3 is 5.97 Å². The standard InChI is InChI=1S/C13H17NO4/c1-16-12-6-10(2-3-11(12)14)13(15)18-8-9-4-5-17-7-9/h2-3,6,9H,4-5,7-8,14H2,1H3. The van der Waals surface area contributed by atoms with Crippen LogP contribution in [0.15, 0.2) is 18.2 Å². The number of carbonyl (C=O) groups is 1. The van der Waals surface area contributed by atoms with Crippen molar-refractivity contribution in [3.63, 3.8) is 0 Å². The van der Waals surface area contributed by atoms with Crippen molar-refractivity contribution in [1.82, 2.24) is 0 Å². The summed E-state index contributed by atoms with van der Waals surface area (Å²) in [4.78, 5) is 11.8. The first kappa shape index (κ1) is 12.7. The monoisotopic (exact) mass is 251 g/mol. The van der Waals surface area contributed by atoms with Crippen LogP contribution in [0.4, 0.5) is 5.69 Å². The summed E-state index contributed by atoms with van der Waals surface area (Å²) in [5.41, 5.74) is 6.62. The van der Waals surface area contributed by atoms with Crippen molar-refractivity contribution in [2.24, 2.45) is 5.92 Å². The average molecular weight is 251 g/mol. The first-order valence-electron chi connectivity index (χ1n) is 5.89. The minimum atomic E-state index is -0.361. The van der Waals surface area contributed by atoms with Gasteiger partial charge in [0, 0.05) is 12.5 Å². The van der Waals surface area contributed by atoms with Crippen LogP contribution in [-0.4, -0.2) is 32.9 Å². The SMILES string of the molecule is COc1cc(C(=O)OCC2CCOC2)ccc1N. The third-order valence-corrected chi connectivity index (χ3v) is 2.94. The van der Waals surface area contributed by atoms with Gasteiger partial charge in [-0.15, -0.1) is 0 Å². The lowest BCUT2D eigenvalue weighted by molar-refractivity contribution is 0.0428. The largest absolute Gasteiger partial charge is 0.495 e. The van der Waals surface area contributed by atoms with Crippen LogP contribution in [0, 0.1) is 5.92 Å². The highest BCUT2D eigenvalue weighted by molar-refractivity contribution is 5.90. The Morgan fingerprint density at radius 2 is 2.39 bits per heavy atom. The molecule has 0 saturated carbocycles. The fourth-order valence-corrected chi connectivity index (χ4v) is 1.83. The van der Waals surface area contributed by atoms with Gasteiger partial charge in [0.1, 0.15) is 5.75 Å². The lowest BCUT2D eigenvalue weighted by Gasteiger charge is -2.10. The molecule has 2 rings (SSSR count). The van der Waals surface area contributed by atoms with Gasteiger partial charge in [-0.1, -0.05) is 0 Å². The van der Waals surface area contributed by atoms with Crippen LogP contribution in [0.5, 0.6) is 5.75 Å². The third-order valence-electron chi connectivity index (χ3n) is 2.94. The Bertz CT molecular complexity index is 427. The van der Waals surface area contributed by atoms with Crippen LogP contribution in [0.1, 0.15) is 16.8 Å². The summed E-state index contributed by atoms with van der Waals surface area (Å²) in [6.45, 7) is 1.81. The molecular formula is C13H17NO4. The van der Waals surface area contributed by atoms with E-state index in [1.807, 2.05) is 0 Å². The fraction of sp³-hybridized carbons (Fsp3) is 0.462. The maximum absolute atomic E-state index is 11.8. The smallest absolute Gasteiger partial charge is 0.338 e. The van der Waals surface area contributed by atoms with Crippen molar-refractivity contribution in [3.8, 4) is 5.75 Å². The zero-order valence-corrected chi connectivity index (χ0v) is 10.3. The second-order valence-electron chi connectivity index (χ2n) is 4.28. The molecular weight excluding hydrogens is 234 g/mol. The lowest BCUT2D eigenvalue weighted by atomic mass is 10.1. The molecule has 1 unspecified atom stereocenters. The maximum atomic E-state index is 11.8. The number of esters is 1. The van der Waals surface area contributed by atoms with Gasteiger partial charge in [0.05, 0.1) is 31.6 Å². The van der Waals surface area contributed by atoms with E-state index in [4.69, 9.17) is 19.9 Å². The van der Waals surface area contributed by atoms with E-state index in [1.54, 1.807) is 18.2 Å². The van der Waals surface area contributed by atoms with E-state index < -0.39 is 0 Å². The van der Waals surface area contributed by atoms with E-state index in [9.17, 15) is 4.79 Å². The number of carbonyl (C=O) groups excluding carboxylic acids is 1. The topological polar surface area (TPSA) is 70.8 Å². The molecule has 5 heteroatoms. The minimum Gasteiger partial charge on any atom is -0.495 e. The molecule has 0 aliphatic carbocycles. The summed E-state index contributed by atoms with van der Waals surface area (Å²) >= 11 is 0. The summed E-state index contributed by atoms with van der Waals surface area (Å²) < 4.78 is 15.5. The number of anilines is 1. The number of ether oxygens (including phenoxy) is 3. The molecule has 1 heterocycles. The van der Waals surface area contributed by atoms with Gasteiger partial charge in [-0.2, -0.15) is 0 Å². The Balaban J connectivity index is 1.95. The van der Waals surface area contributed by atoms with Crippen molar-refractivity contribution in [2.75, 3.05) is 32.7 Å². The summed E-state index contributed by atoms with van der Waals surface area (Å²) in [6.07, 6.45) is 0.943. The van der Waals surface area contributed by atoms with Crippen LogP contribution in [0.25, 0.3) is 0 Å². The molecule has 0 amide bonds. The molecule has 1 aliphatic heterocycles. The van der Waals surface area contributed by atoms with E-state index in [0.717, 1.165) is 13.0 Å². The van der Waals surface area contributed by atoms with E-state index in [2.05, 4.69) is 0 Å². The number of nitrogens with two attached hydrogens (primary N) is 1. The summed E-state index contributed by atoms with van der Waals surface area (Å²) in [5.74, 6) is 0.429. The van der Waals surface area contributed by atoms with Gasteiger partial charge in [0.2, 0.25) is 0 Å².